The van der Waals surface area contributed by atoms with Crippen molar-refractivity contribution in [3.63, 3.8) is 0 Å². The van der Waals surface area contributed by atoms with Crippen molar-refractivity contribution in [3.8, 4) is 5.75 Å². The number of aromatic amines is 1. The zero-order chi connectivity index (χ0) is 18.5. The first-order valence-electron chi connectivity index (χ1n) is 9.30. The van der Waals surface area contributed by atoms with E-state index in [0.29, 0.717) is 23.2 Å². The number of hydrogen-bond acceptors (Lipinski definition) is 4. The van der Waals surface area contributed by atoms with Gasteiger partial charge in [-0.2, -0.15) is 12.6 Å². The Kier molecular flexibility index (Phi) is 11.3. The van der Waals surface area contributed by atoms with Crippen LogP contribution in [-0.2, 0) is 17.9 Å². The number of aliphatic hydroxyl groups is 1. The molecule has 0 radical (unpaired) electrons. The molecule has 0 aliphatic rings. The molecule has 1 aromatic rings. The van der Waals surface area contributed by atoms with E-state index in [0.717, 1.165) is 18.6 Å². The molecule has 0 atom stereocenters. The number of nitrogens with one attached hydrogen (secondary N) is 2. The number of pyridine rings is 1. The number of hydrogen-bond donors (Lipinski definition) is 4. The lowest BCUT2D eigenvalue weighted by atomic mass is 10.1. The quantitative estimate of drug-likeness (QED) is 0.318. The Morgan fingerprint density at radius 1 is 1.12 bits per heavy atom. The number of carbonyl (C=O) groups excluding carboxylic acids is 1. The maximum Gasteiger partial charge on any atom is 0.220 e. The number of aryl methyl sites for hydroxylation is 1. The van der Waals surface area contributed by atoms with Crippen LogP contribution in [0.2, 0.25) is 0 Å². The molecule has 0 aromatic carbocycles. The molecule has 0 unspecified atom stereocenters. The van der Waals surface area contributed by atoms with Crippen molar-refractivity contribution in [3.05, 3.63) is 23.0 Å². The van der Waals surface area contributed by atoms with E-state index < -0.39 is 0 Å². The molecule has 0 fully saturated rings. The van der Waals surface area contributed by atoms with Gasteiger partial charge in [-0.25, -0.2) is 4.98 Å². The van der Waals surface area contributed by atoms with Gasteiger partial charge in [0.15, 0.2) is 11.9 Å². The Morgan fingerprint density at radius 3 is 2.32 bits per heavy atom. The minimum absolute atomic E-state index is 0.0115. The van der Waals surface area contributed by atoms with Gasteiger partial charge >= 0.3 is 0 Å². The SMILES string of the molecule is Cc1[nH+]cc(CO)c(CNC(=O)CCCCCCCCCCS)c1O. The summed E-state index contributed by atoms with van der Waals surface area (Å²) in [6.07, 6.45) is 11.6. The Labute approximate surface area is 156 Å². The summed E-state index contributed by atoms with van der Waals surface area (Å²) in [5, 5.41) is 22.3. The highest BCUT2D eigenvalue weighted by Crippen LogP contribution is 2.21. The molecular formula is C19H33N2O3S+. The van der Waals surface area contributed by atoms with Gasteiger partial charge in [-0.15, -0.1) is 0 Å². The van der Waals surface area contributed by atoms with Crippen LogP contribution >= 0.6 is 12.6 Å². The molecule has 0 bridgehead atoms. The fourth-order valence-electron chi connectivity index (χ4n) is 2.80. The van der Waals surface area contributed by atoms with Gasteiger partial charge < -0.3 is 15.5 Å². The lowest BCUT2D eigenvalue weighted by Gasteiger charge is -2.10. The summed E-state index contributed by atoms with van der Waals surface area (Å²) in [6, 6.07) is 0. The van der Waals surface area contributed by atoms with Crippen molar-refractivity contribution < 1.29 is 20.0 Å². The molecule has 25 heavy (non-hydrogen) atoms. The number of rotatable bonds is 13. The highest BCUT2D eigenvalue weighted by molar-refractivity contribution is 7.80. The third-order valence-corrected chi connectivity index (χ3v) is 4.75. The number of aromatic hydroxyl groups is 1. The van der Waals surface area contributed by atoms with Gasteiger partial charge in [-0.3, -0.25) is 4.79 Å². The number of aromatic nitrogens is 1. The van der Waals surface area contributed by atoms with Crippen LogP contribution in [0.15, 0.2) is 6.20 Å². The van der Waals surface area contributed by atoms with Crippen molar-refractivity contribution in [1.82, 2.24) is 5.32 Å². The third kappa shape index (κ3) is 8.59. The van der Waals surface area contributed by atoms with E-state index in [2.05, 4.69) is 22.9 Å². The highest BCUT2D eigenvalue weighted by atomic mass is 32.1. The minimum Gasteiger partial charge on any atom is -0.502 e. The second-order valence-electron chi connectivity index (χ2n) is 6.50. The Morgan fingerprint density at radius 2 is 1.72 bits per heavy atom. The van der Waals surface area contributed by atoms with E-state index in [1.165, 1.54) is 38.5 Å². The first-order chi connectivity index (χ1) is 12.1. The molecule has 1 rings (SSSR count). The fourth-order valence-corrected chi connectivity index (χ4v) is 3.02. The van der Waals surface area contributed by atoms with Crippen LogP contribution in [-0.4, -0.2) is 21.9 Å². The van der Waals surface area contributed by atoms with Crippen molar-refractivity contribution in [2.45, 2.75) is 77.9 Å². The molecule has 1 heterocycles. The van der Waals surface area contributed by atoms with Crippen LogP contribution < -0.4 is 10.3 Å². The maximum absolute atomic E-state index is 11.9. The number of unbranched alkanes of at least 4 members (excludes halogenated alkanes) is 7. The number of carbonyl (C=O) groups is 1. The summed E-state index contributed by atoms with van der Waals surface area (Å²) < 4.78 is 0. The van der Waals surface area contributed by atoms with Crippen LogP contribution in [0, 0.1) is 6.92 Å². The minimum atomic E-state index is -0.177. The molecule has 5 nitrogen and oxygen atoms in total. The average molecular weight is 370 g/mol. The first kappa shape index (κ1) is 21.8. The Bertz CT molecular complexity index is 524. The topological polar surface area (TPSA) is 83.7 Å². The number of aliphatic hydroxyl groups excluding tert-OH is 1. The highest BCUT2D eigenvalue weighted by Gasteiger charge is 2.16. The van der Waals surface area contributed by atoms with Crippen molar-refractivity contribution >= 4 is 18.5 Å². The van der Waals surface area contributed by atoms with Gasteiger partial charge in [0.25, 0.3) is 0 Å². The van der Waals surface area contributed by atoms with Gasteiger partial charge in [-0.05, 0) is 18.6 Å². The summed E-state index contributed by atoms with van der Waals surface area (Å²) in [5.41, 5.74) is 1.80. The third-order valence-electron chi connectivity index (χ3n) is 4.44. The smallest absolute Gasteiger partial charge is 0.220 e. The lowest BCUT2D eigenvalue weighted by molar-refractivity contribution is -0.389. The predicted molar refractivity (Wildman–Crippen MR) is 103 cm³/mol. The Balaban J connectivity index is 2.18. The van der Waals surface area contributed by atoms with E-state index >= 15 is 0 Å². The average Bonchev–Trinajstić information content (AvgIpc) is 2.61. The van der Waals surface area contributed by atoms with Crippen LogP contribution in [0.25, 0.3) is 0 Å². The van der Waals surface area contributed by atoms with Crippen LogP contribution in [0.3, 0.4) is 0 Å². The van der Waals surface area contributed by atoms with Crippen molar-refractivity contribution in [2.24, 2.45) is 0 Å². The molecule has 1 aromatic heterocycles. The van der Waals surface area contributed by atoms with Gasteiger partial charge in [0, 0.05) is 31.0 Å². The fraction of sp³-hybridized carbons (Fsp3) is 0.684. The van der Waals surface area contributed by atoms with E-state index in [9.17, 15) is 15.0 Å². The second kappa shape index (κ2) is 13.0. The summed E-state index contributed by atoms with van der Waals surface area (Å²) >= 11 is 4.21. The van der Waals surface area contributed by atoms with E-state index in [1.807, 2.05) is 0 Å². The number of thiol groups is 1. The summed E-state index contributed by atoms with van der Waals surface area (Å²) in [4.78, 5) is 14.8. The zero-order valence-electron chi connectivity index (χ0n) is 15.3. The summed E-state index contributed by atoms with van der Waals surface area (Å²) in [6.45, 7) is 1.81. The molecule has 1 amide bonds. The molecule has 0 aliphatic carbocycles. The monoisotopic (exact) mass is 369 g/mol. The molecule has 142 valence electrons. The van der Waals surface area contributed by atoms with Gasteiger partial charge in [0.2, 0.25) is 11.6 Å². The second-order valence-corrected chi connectivity index (χ2v) is 6.95. The molecule has 0 aliphatic heterocycles. The molecule has 0 saturated heterocycles. The number of amides is 1. The summed E-state index contributed by atoms with van der Waals surface area (Å²) in [7, 11) is 0. The van der Waals surface area contributed by atoms with Crippen LogP contribution in [0.1, 0.15) is 74.6 Å². The Hall–Kier alpha value is -1.27. The van der Waals surface area contributed by atoms with Crippen LogP contribution in [0.4, 0.5) is 0 Å². The van der Waals surface area contributed by atoms with Gasteiger partial charge in [0.05, 0.1) is 6.61 Å². The van der Waals surface area contributed by atoms with E-state index in [-0.39, 0.29) is 24.8 Å². The van der Waals surface area contributed by atoms with Crippen LogP contribution in [0.5, 0.6) is 5.75 Å². The molecule has 4 N–H and O–H groups in total. The maximum atomic E-state index is 11.9. The zero-order valence-corrected chi connectivity index (χ0v) is 16.2. The van der Waals surface area contributed by atoms with Gasteiger partial charge in [0.1, 0.15) is 0 Å². The van der Waals surface area contributed by atoms with Gasteiger partial charge in [-0.1, -0.05) is 38.5 Å². The molecule has 0 spiro atoms. The van der Waals surface area contributed by atoms with Crippen molar-refractivity contribution in [1.29, 1.82) is 0 Å². The standard InChI is InChI=1S/C19H32N2O3S/c1-15-19(24)17(16(14-22)12-20-15)13-21-18(23)10-8-6-4-2-3-5-7-9-11-25/h12,22,24-25H,2-11,13-14H2,1H3,(H,21,23)/p+1. The molecule has 0 saturated carbocycles. The van der Waals surface area contributed by atoms with Crippen molar-refractivity contribution in [2.75, 3.05) is 5.75 Å². The predicted octanol–water partition coefficient (Wildman–Crippen LogP) is 3.06. The lowest BCUT2D eigenvalue weighted by Crippen LogP contribution is -2.24. The van der Waals surface area contributed by atoms with E-state index in [4.69, 9.17) is 0 Å². The molecule has 6 heteroatoms. The largest absolute Gasteiger partial charge is 0.502 e. The number of H-pyrrole nitrogens is 1. The molecular weight excluding hydrogens is 336 g/mol. The normalized spacial score (nSPS) is 10.8. The first-order valence-corrected chi connectivity index (χ1v) is 9.93. The summed E-state index contributed by atoms with van der Waals surface area (Å²) in [5.74, 6) is 1.07. The van der Waals surface area contributed by atoms with E-state index in [1.54, 1.807) is 13.1 Å².